The lowest BCUT2D eigenvalue weighted by atomic mass is 9.99. The van der Waals surface area contributed by atoms with Gasteiger partial charge in [0.25, 0.3) is 5.91 Å². The third kappa shape index (κ3) is 6.18. The van der Waals surface area contributed by atoms with E-state index in [1.165, 1.54) is 11.1 Å². The van der Waals surface area contributed by atoms with Crippen LogP contribution in [0.4, 0.5) is 10.5 Å². The summed E-state index contributed by atoms with van der Waals surface area (Å²) in [5.41, 5.74) is 4.30. The van der Waals surface area contributed by atoms with Gasteiger partial charge in [-0.1, -0.05) is 77.8 Å². The van der Waals surface area contributed by atoms with E-state index in [1.807, 2.05) is 42.5 Å². The molecule has 40 heavy (non-hydrogen) atoms. The lowest BCUT2D eigenvalue weighted by molar-refractivity contribution is -0.139. The third-order valence-corrected chi connectivity index (χ3v) is 8.18. The number of carboxylic acids is 1. The van der Waals surface area contributed by atoms with Crippen LogP contribution < -0.4 is 20.9 Å². The van der Waals surface area contributed by atoms with Gasteiger partial charge in [0.1, 0.15) is 6.04 Å². The fourth-order valence-electron chi connectivity index (χ4n) is 5.49. The number of benzene rings is 3. The molecule has 3 atom stereocenters. The maximum Gasteiger partial charge on any atom is 0.328 e. The Bertz CT molecular complexity index is 1390. The van der Waals surface area contributed by atoms with Crippen LogP contribution >= 0.6 is 23.2 Å². The van der Waals surface area contributed by atoms with Gasteiger partial charge in [-0.15, -0.1) is 0 Å². The van der Waals surface area contributed by atoms with Crippen molar-refractivity contribution in [2.75, 3.05) is 24.5 Å². The number of nitrogens with one attached hydrogen (secondary N) is 3. The van der Waals surface area contributed by atoms with Gasteiger partial charge in [-0.25, -0.2) is 9.59 Å². The van der Waals surface area contributed by atoms with E-state index in [9.17, 15) is 19.5 Å². The van der Waals surface area contributed by atoms with Gasteiger partial charge in [0, 0.05) is 24.7 Å². The van der Waals surface area contributed by atoms with Gasteiger partial charge >= 0.3 is 12.0 Å². The first-order valence-electron chi connectivity index (χ1n) is 13.2. The Kier molecular flexibility index (Phi) is 8.47. The van der Waals surface area contributed by atoms with Crippen molar-refractivity contribution in [2.24, 2.45) is 0 Å². The number of hydrogen-bond donors (Lipinski definition) is 4. The highest BCUT2D eigenvalue weighted by Gasteiger charge is 2.29. The number of aliphatic carboxylic acids is 1. The molecule has 1 aliphatic carbocycles. The van der Waals surface area contributed by atoms with Crippen molar-refractivity contribution in [2.45, 2.75) is 37.3 Å². The summed E-state index contributed by atoms with van der Waals surface area (Å²) in [5, 5.41) is 17.8. The lowest BCUT2D eigenvalue weighted by Gasteiger charge is -2.21. The van der Waals surface area contributed by atoms with Crippen LogP contribution in [0.15, 0.2) is 66.7 Å². The number of amides is 3. The summed E-state index contributed by atoms with van der Waals surface area (Å²) >= 11 is 13.0. The van der Waals surface area contributed by atoms with Crippen molar-refractivity contribution in [1.82, 2.24) is 16.0 Å². The Morgan fingerprint density at radius 2 is 1.68 bits per heavy atom. The lowest BCUT2D eigenvalue weighted by Crippen LogP contribution is -2.50. The highest BCUT2D eigenvalue weighted by atomic mass is 35.5. The highest BCUT2D eigenvalue weighted by molar-refractivity contribution is 6.40. The van der Waals surface area contributed by atoms with Crippen LogP contribution in [0, 0.1) is 0 Å². The molecule has 3 aromatic rings. The van der Waals surface area contributed by atoms with Crippen molar-refractivity contribution in [3.63, 3.8) is 0 Å². The van der Waals surface area contributed by atoms with Crippen LogP contribution in [0.5, 0.6) is 0 Å². The van der Waals surface area contributed by atoms with Crippen LogP contribution in [0.1, 0.15) is 51.8 Å². The van der Waals surface area contributed by atoms with Gasteiger partial charge in [0.05, 0.1) is 28.2 Å². The largest absolute Gasteiger partial charge is 0.480 e. The van der Waals surface area contributed by atoms with Gasteiger partial charge in [0.15, 0.2) is 0 Å². The standard InChI is InChI=1S/C30H30Cl2N4O4/c31-23-14-21(36-13-12-20(17-36)18-6-2-1-3-7-18)15-24(32)27(23)28(37)34-26(29(38)39)16-33-30(40)35-25-11-10-19-8-4-5-9-22(19)25/h1-9,14-15,20,25-26H,10-13,16-17H2,(H,34,37)(H,38,39)(H2,33,35,40). The van der Waals surface area contributed by atoms with Crippen molar-refractivity contribution in [1.29, 1.82) is 0 Å². The smallest absolute Gasteiger partial charge is 0.328 e. The molecule has 1 fully saturated rings. The third-order valence-electron chi connectivity index (χ3n) is 7.59. The molecule has 1 heterocycles. The molecular weight excluding hydrogens is 551 g/mol. The van der Waals surface area contributed by atoms with E-state index in [2.05, 4.69) is 33.0 Å². The zero-order valence-electron chi connectivity index (χ0n) is 21.7. The molecule has 8 nitrogen and oxygen atoms in total. The number of hydrogen-bond acceptors (Lipinski definition) is 4. The number of rotatable bonds is 8. The van der Waals surface area contributed by atoms with Crippen molar-refractivity contribution in [3.05, 3.63) is 99.0 Å². The maximum atomic E-state index is 13.0. The molecule has 1 aliphatic heterocycles. The Hall–Kier alpha value is -3.75. The number of urea groups is 1. The highest BCUT2D eigenvalue weighted by Crippen LogP contribution is 2.36. The van der Waals surface area contributed by atoms with Crippen LogP contribution in [0.25, 0.3) is 0 Å². The number of aryl methyl sites for hydroxylation is 1. The first kappa shape index (κ1) is 27.8. The molecule has 0 radical (unpaired) electrons. The maximum absolute atomic E-state index is 13.0. The van der Waals surface area contributed by atoms with E-state index < -0.39 is 23.9 Å². The number of halogens is 2. The fourth-order valence-corrected chi connectivity index (χ4v) is 6.14. The molecule has 0 aromatic heterocycles. The summed E-state index contributed by atoms with van der Waals surface area (Å²) in [4.78, 5) is 39.6. The Morgan fingerprint density at radius 3 is 2.40 bits per heavy atom. The molecule has 0 bridgehead atoms. The number of fused-ring (bicyclic) bond motifs is 1. The van der Waals surface area contributed by atoms with Crippen LogP contribution in [0.2, 0.25) is 10.0 Å². The number of nitrogens with zero attached hydrogens (tertiary/aromatic N) is 1. The molecule has 0 saturated carbocycles. The number of carbonyl (C=O) groups excluding carboxylic acids is 2. The topological polar surface area (TPSA) is 111 Å². The molecule has 2 aliphatic rings. The van der Waals surface area contributed by atoms with Crippen molar-refractivity contribution < 1.29 is 19.5 Å². The summed E-state index contributed by atoms with van der Waals surface area (Å²) in [5.74, 6) is -1.65. The summed E-state index contributed by atoms with van der Waals surface area (Å²) in [7, 11) is 0. The predicted molar refractivity (Wildman–Crippen MR) is 155 cm³/mol. The average molecular weight is 582 g/mol. The van der Waals surface area contributed by atoms with Gasteiger partial charge in [-0.05, 0) is 48.1 Å². The van der Waals surface area contributed by atoms with E-state index in [4.69, 9.17) is 23.2 Å². The second-order valence-electron chi connectivity index (χ2n) is 10.1. The molecule has 3 amide bonds. The molecule has 1 saturated heterocycles. The second kappa shape index (κ2) is 12.2. The Labute approximate surface area is 242 Å². The van der Waals surface area contributed by atoms with Crippen molar-refractivity contribution >= 4 is 46.8 Å². The van der Waals surface area contributed by atoms with Gasteiger partial charge < -0.3 is 26.0 Å². The summed E-state index contributed by atoms with van der Waals surface area (Å²) < 4.78 is 0. The predicted octanol–water partition coefficient (Wildman–Crippen LogP) is 5.16. The van der Waals surface area contributed by atoms with E-state index in [0.717, 1.165) is 43.6 Å². The molecule has 4 N–H and O–H groups in total. The zero-order valence-corrected chi connectivity index (χ0v) is 23.2. The summed E-state index contributed by atoms with van der Waals surface area (Å²) in [6.45, 7) is 1.30. The quantitative estimate of drug-likeness (QED) is 0.294. The number of anilines is 1. The van der Waals surface area contributed by atoms with E-state index in [0.29, 0.717) is 5.92 Å². The van der Waals surface area contributed by atoms with E-state index in [1.54, 1.807) is 12.1 Å². The molecule has 3 unspecified atom stereocenters. The Morgan fingerprint density at radius 1 is 0.975 bits per heavy atom. The second-order valence-corrected chi connectivity index (χ2v) is 10.9. The zero-order chi connectivity index (χ0) is 28.2. The number of carboxylic acid groups (broad SMARTS) is 1. The minimum atomic E-state index is -1.38. The van der Waals surface area contributed by atoms with Gasteiger partial charge in [-0.3, -0.25) is 4.79 Å². The van der Waals surface area contributed by atoms with Gasteiger partial charge in [0.2, 0.25) is 0 Å². The molecule has 208 valence electrons. The average Bonchev–Trinajstić information content (AvgIpc) is 3.59. The monoisotopic (exact) mass is 580 g/mol. The van der Waals surface area contributed by atoms with Gasteiger partial charge in [-0.2, -0.15) is 0 Å². The number of carbonyl (C=O) groups is 3. The minimum Gasteiger partial charge on any atom is -0.480 e. The minimum absolute atomic E-state index is 0.0100. The first-order chi connectivity index (χ1) is 19.3. The van der Waals surface area contributed by atoms with E-state index in [-0.39, 0.29) is 28.2 Å². The van der Waals surface area contributed by atoms with E-state index >= 15 is 0 Å². The normalized spacial score (nSPS) is 18.6. The SMILES string of the molecule is O=C(NCC(NC(=O)c1c(Cl)cc(N2CCC(c3ccccc3)C2)cc1Cl)C(=O)O)NC1CCc2ccccc21. The fraction of sp³-hybridized carbons (Fsp3) is 0.300. The molecule has 3 aromatic carbocycles. The molecule has 0 spiro atoms. The first-order valence-corrected chi connectivity index (χ1v) is 14.0. The van der Waals surface area contributed by atoms with Crippen LogP contribution in [-0.4, -0.2) is 48.7 Å². The Balaban J connectivity index is 1.19. The summed E-state index contributed by atoms with van der Waals surface area (Å²) in [6.07, 6.45) is 2.61. The molecular formula is C30H30Cl2N4O4. The van der Waals surface area contributed by atoms with Crippen LogP contribution in [-0.2, 0) is 11.2 Å². The molecule has 10 heteroatoms. The summed E-state index contributed by atoms with van der Waals surface area (Å²) in [6, 6.07) is 19.5. The molecule has 5 rings (SSSR count). The van der Waals surface area contributed by atoms with Crippen molar-refractivity contribution in [3.8, 4) is 0 Å². The van der Waals surface area contributed by atoms with Crippen LogP contribution in [0.3, 0.4) is 0 Å².